The molecule has 0 fully saturated rings. The van der Waals surface area contributed by atoms with Crippen LogP contribution in [0.5, 0.6) is 0 Å². The van der Waals surface area contributed by atoms with Crippen LogP contribution in [0.25, 0.3) is 0 Å². The molecule has 1 rings (SSSR count). The van der Waals surface area contributed by atoms with Crippen molar-refractivity contribution in [3.8, 4) is 0 Å². The maximum atomic E-state index is 12.8. The van der Waals surface area contributed by atoms with Crippen LogP contribution in [0.15, 0.2) is 28.2 Å². The van der Waals surface area contributed by atoms with E-state index in [1.807, 2.05) is 0 Å². The van der Waals surface area contributed by atoms with Crippen molar-refractivity contribution < 1.29 is 26.3 Å². The molecule has 0 aromatic heterocycles. The van der Waals surface area contributed by atoms with Gasteiger partial charge in [-0.25, -0.2) is 4.99 Å². The average molecular weight is 338 g/mol. The molecule has 0 saturated heterocycles. The molecule has 1 atom stereocenters. The molecule has 0 aliphatic carbocycles. The zero-order valence-electron chi connectivity index (χ0n) is 12.8. The van der Waals surface area contributed by atoms with Crippen molar-refractivity contribution in [2.24, 2.45) is 9.98 Å². The summed E-state index contributed by atoms with van der Waals surface area (Å²) in [6.45, 7) is 5.27. The van der Waals surface area contributed by atoms with Crippen LogP contribution in [0.2, 0.25) is 0 Å². The first-order valence-electron chi connectivity index (χ1n) is 6.78. The van der Waals surface area contributed by atoms with Crippen LogP contribution in [-0.4, -0.2) is 18.6 Å². The van der Waals surface area contributed by atoms with E-state index in [4.69, 9.17) is 0 Å². The third-order valence-electron chi connectivity index (χ3n) is 3.26. The Kier molecular flexibility index (Phi) is 5.96. The summed E-state index contributed by atoms with van der Waals surface area (Å²) in [5.74, 6) is -0.707. The maximum absolute atomic E-state index is 12.8. The van der Waals surface area contributed by atoms with Crippen LogP contribution in [0.4, 0.5) is 26.3 Å². The van der Waals surface area contributed by atoms with Crippen molar-refractivity contribution in [3.05, 3.63) is 34.9 Å². The van der Waals surface area contributed by atoms with Gasteiger partial charge < -0.3 is 0 Å². The number of aliphatic imine (C=N–C) groups is 2. The van der Waals surface area contributed by atoms with E-state index in [0.29, 0.717) is 12.3 Å². The summed E-state index contributed by atoms with van der Waals surface area (Å²) in [5, 5.41) is 0. The van der Waals surface area contributed by atoms with E-state index < -0.39 is 29.4 Å². The summed E-state index contributed by atoms with van der Waals surface area (Å²) in [6.07, 6.45) is -8.47. The molecule has 0 aliphatic rings. The standard InChI is InChI=1S/C15H16F6N2/c1-4-22-8-23-10(3)9(2)11-5-12(14(16,17)18)7-13(6-11)15(19,20)21/h5-9H,4H2,1-3H3. The minimum absolute atomic E-state index is 0.0988. The Hall–Kier alpha value is -1.86. The minimum atomic E-state index is -4.86. The number of hydrogen-bond acceptors (Lipinski definition) is 1. The van der Waals surface area contributed by atoms with E-state index in [0.717, 1.165) is 12.1 Å². The van der Waals surface area contributed by atoms with Gasteiger partial charge in [0.2, 0.25) is 0 Å². The fourth-order valence-electron chi connectivity index (χ4n) is 1.80. The lowest BCUT2D eigenvalue weighted by atomic mass is 9.93. The Morgan fingerprint density at radius 2 is 1.52 bits per heavy atom. The van der Waals surface area contributed by atoms with Gasteiger partial charge in [0, 0.05) is 18.2 Å². The van der Waals surface area contributed by atoms with Crippen LogP contribution < -0.4 is 0 Å². The number of halogens is 6. The van der Waals surface area contributed by atoms with Crippen LogP contribution in [0, 0.1) is 0 Å². The summed E-state index contributed by atoms with van der Waals surface area (Å²) >= 11 is 0. The SMILES string of the molecule is CCN=CN=C(C)C(C)c1cc(C(F)(F)F)cc(C(F)(F)F)c1. The highest BCUT2D eigenvalue weighted by molar-refractivity contribution is 5.93. The average Bonchev–Trinajstić information content (AvgIpc) is 2.44. The molecule has 0 amide bonds. The van der Waals surface area contributed by atoms with E-state index in [1.165, 1.54) is 20.2 Å². The molecule has 1 aromatic carbocycles. The number of benzene rings is 1. The molecular formula is C15H16F6N2. The third-order valence-corrected chi connectivity index (χ3v) is 3.26. The molecule has 0 saturated carbocycles. The lowest BCUT2D eigenvalue weighted by Crippen LogP contribution is -2.14. The quantitative estimate of drug-likeness (QED) is 0.402. The topological polar surface area (TPSA) is 24.7 Å². The number of alkyl halides is 6. The Balaban J connectivity index is 3.35. The van der Waals surface area contributed by atoms with Gasteiger partial charge in [0.05, 0.1) is 11.1 Å². The van der Waals surface area contributed by atoms with Crippen LogP contribution in [0.3, 0.4) is 0 Å². The smallest absolute Gasteiger partial charge is 0.274 e. The molecule has 0 bridgehead atoms. The second-order valence-corrected chi connectivity index (χ2v) is 4.95. The molecule has 0 N–H and O–H groups in total. The van der Waals surface area contributed by atoms with Crippen molar-refractivity contribution >= 4 is 12.1 Å². The van der Waals surface area contributed by atoms with E-state index in [9.17, 15) is 26.3 Å². The highest BCUT2D eigenvalue weighted by Crippen LogP contribution is 2.37. The van der Waals surface area contributed by atoms with Gasteiger partial charge in [-0.2, -0.15) is 26.3 Å². The van der Waals surface area contributed by atoms with Gasteiger partial charge in [0.1, 0.15) is 6.34 Å². The predicted octanol–water partition coefficient (Wildman–Crippen LogP) is 5.34. The Labute approximate surface area is 129 Å². The summed E-state index contributed by atoms with van der Waals surface area (Å²) < 4.78 is 77.0. The molecule has 8 heteroatoms. The van der Waals surface area contributed by atoms with Gasteiger partial charge >= 0.3 is 12.4 Å². The molecule has 0 heterocycles. The largest absolute Gasteiger partial charge is 0.416 e. The molecule has 1 aromatic rings. The normalized spacial score (nSPS) is 15.3. The molecular weight excluding hydrogens is 322 g/mol. The van der Waals surface area contributed by atoms with E-state index in [1.54, 1.807) is 6.92 Å². The zero-order chi connectivity index (χ0) is 17.8. The highest BCUT2D eigenvalue weighted by Gasteiger charge is 2.37. The molecule has 23 heavy (non-hydrogen) atoms. The lowest BCUT2D eigenvalue weighted by Gasteiger charge is -2.17. The summed E-state index contributed by atoms with van der Waals surface area (Å²) in [4.78, 5) is 7.77. The lowest BCUT2D eigenvalue weighted by molar-refractivity contribution is -0.143. The first kappa shape index (κ1) is 19.2. The van der Waals surface area contributed by atoms with Crippen LogP contribution in [0.1, 0.15) is 43.4 Å². The Morgan fingerprint density at radius 3 is 1.91 bits per heavy atom. The summed E-state index contributed by atoms with van der Waals surface area (Å²) in [5.41, 5.74) is -2.39. The second kappa shape index (κ2) is 7.14. The second-order valence-electron chi connectivity index (χ2n) is 4.95. The van der Waals surface area contributed by atoms with Crippen molar-refractivity contribution in [1.29, 1.82) is 0 Å². The highest BCUT2D eigenvalue weighted by atomic mass is 19.4. The van der Waals surface area contributed by atoms with Crippen molar-refractivity contribution in [2.75, 3.05) is 6.54 Å². The first-order valence-corrected chi connectivity index (χ1v) is 6.78. The fourth-order valence-corrected chi connectivity index (χ4v) is 1.80. The van der Waals surface area contributed by atoms with E-state index in [-0.39, 0.29) is 11.6 Å². The number of nitrogens with zero attached hydrogens (tertiary/aromatic N) is 2. The van der Waals surface area contributed by atoms with E-state index in [2.05, 4.69) is 9.98 Å². The van der Waals surface area contributed by atoms with Gasteiger partial charge in [-0.05, 0) is 37.6 Å². The minimum Gasteiger partial charge on any atom is -0.274 e. The van der Waals surface area contributed by atoms with Gasteiger partial charge in [0.15, 0.2) is 0 Å². The predicted molar refractivity (Wildman–Crippen MR) is 77.0 cm³/mol. The molecule has 2 nitrogen and oxygen atoms in total. The monoisotopic (exact) mass is 338 g/mol. The van der Waals surface area contributed by atoms with Crippen molar-refractivity contribution in [2.45, 2.75) is 39.0 Å². The number of hydrogen-bond donors (Lipinski definition) is 0. The van der Waals surface area contributed by atoms with Crippen LogP contribution in [-0.2, 0) is 12.4 Å². The molecule has 0 spiro atoms. The van der Waals surface area contributed by atoms with Crippen molar-refractivity contribution in [3.63, 3.8) is 0 Å². The van der Waals surface area contributed by atoms with Gasteiger partial charge in [-0.1, -0.05) is 6.92 Å². The summed E-state index contributed by atoms with van der Waals surface area (Å²) in [6, 6.07) is 1.55. The van der Waals surface area contributed by atoms with Gasteiger partial charge in [-0.3, -0.25) is 4.99 Å². The molecule has 0 radical (unpaired) electrons. The van der Waals surface area contributed by atoms with Crippen molar-refractivity contribution in [1.82, 2.24) is 0 Å². The summed E-state index contributed by atoms with van der Waals surface area (Å²) in [7, 11) is 0. The fraction of sp³-hybridized carbons (Fsp3) is 0.467. The van der Waals surface area contributed by atoms with Gasteiger partial charge in [-0.15, -0.1) is 0 Å². The Bertz CT molecular complexity index is 567. The maximum Gasteiger partial charge on any atom is 0.416 e. The zero-order valence-corrected chi connectivity index (χ0v) is 12.8. The van der Waals surface area contributed by atoms with E-state index >= 15 is 0 Å². The molecule has 1 unspecified atom stereocenters. The molecule has 0 aliphatic heterocycles. The van der Waals surface area contributed by atoms with Gasteiger partial charge in [0.25, 0.3) is 0 Å². The first-order chi connectivity index (χ1) is 10.5. The third kappa shape index (κ3) is 5.37. The Morgan fingerprint density at radius 1 is 1.04 bits per heavy atom. The van der Waals surface area contributed by atoms with Crippen LogP contribution >= 0.6 is 0 Å². The number of rotatable bonds is 4. The molecule has 128 valence electrons.